The van der Waals surface area contributed by atoms with Gasteiger partial charge in [-0.05, 0) is 36.6 Å². The summed E-state index contributed by atoms with van der Waals surface area (Å²) in [5, 5.41) is 13.8. The van der Waals surface area contributed by atoms with Gasteiger partial charge in [-0.3, -0.25) is 14.9 Å². The zero-order chi connectivity index (χ0) is 18.0. The zero-order valence-electron chi connectivity index (χ0n) is 13.6. The first kappa shape index (κ1) is 16.8. The standard InChI is InChI=1S/C17H17FN4O3/c1-11-8-14(22(24)25)9-19-16(11)20-15-6-7-21(17(15)23)10-12-2-4-13(18)5-3-12/h2-5,8-9,15H,6-7,10H2,1H3,(H,19,20). The maximum atomic E-state index is 13.0. The number of amides is 1. The molecule has 0 spiro atoms. The van der Waals surface area contributed by atoms with Gasteiger partial charge in [0.2, 0.25) is 5.91 Å². The number of pyridine rings is 1. The highest BCUT2D eigenvalue weighted by Crippen LogP contribution is 2.22. The molecule has 0 saturated carbocycles. The van der Waals surface area contributed by atoms with Gasteiger partial charge < -0.3 is 10.2 Å². The molecule has 1 aromatic carbocycles. The van der Waals surface area contributed by atoms with Crippen LogP contribution in [0.15, 0.2) is 36.5 Å². The molecule has 2 heterocycles. The molecule has 3 rings (SSSR count). The van der Waals surface area contributed by atoms with Crippen LogP contribution >= 0.6 is 0 Å². The van der Waals surface area contributed by atoms with E-state index < -0.39 is 11.0 Å². The summed E-state index contributed by atoms with van der Waals surface area (Å²) in [5.74, 6) is 0.0900. The summed E-state index contributed by atoms with van der Waals surface area (Å²) in [5.41, 5.74) is 1.39. The van der Waals surface area contributed by atoms with Crippen LogP contribution in [0.5, 0.6) is 0 Å². The fraction of sp³-hybridized carbons (Fsp3) is 0.294. The quantitative estimate of drug-likeness (QED) is 0.665. The summed E-state index contributed by atoms with van der Waals surface area (Å²) in [7, 11) is 0. The molecule has 0 radical (unpaired) electrons. The molecule has 130 valence electrons. The number of carbonyl (C=O) groups is 1. The van der Waals surface area contributed by atoms with Crippen LogP contribution in [0.4, 0.5) is 15.9 Å². The van der Waals surface area contributed by atoms with Gasteiger partial charge in [-0.1, -0.05) is 12.1 Å². The molecule has 1 unspecified atom stereocenters. The summed E-state index contributed by atoms with van der Waals surface area (Å²) >= 11 is 0. The van der Waals surface area contributed by atoms with Gasteiger partial charge in [0.1, 0.15) is 23.9 Å². The number of aryl methyl sites for hydroxylation is 1. The number of nitrogens with zero attached hydrogens (tertiary/aromatic N) is 3. The van der Waals surface area contributed by atoms with Gasteiger partial charge in [0.25, 0.3) is 5.69 Å². The number of halogens is 1. The average Bonchev–Trinajstić information content (AvgIpc) is 2.92. The lowest BCUT2D eigenvalue weighted by atomic mass is 10.2. The van der Waals surface area contributed by atoms with E-state index in [4.69, 9.17) is 0 Å². The number of nitrogens with one attached hydrogen (secondary N) is 1. The summed E-state index contributed by atoms with van der Waals surface area (Å²) < 4.78 is 13.0. The lowest BCUT2D eigenvalue weighted by Crippen LogP contribution is -2.33. The Morgan fingerprint density at radius 3 is 2.76 bits per heavy atom. The molecule has 1 aliphatic heterocycles. The van der Waals surface area contributed by atoms with Gasteiger partial charge in [0.05, 0.1) is 4.92 Å². The van der Waals surface area contributed by atoms with Crippen LogP contribution in [-0.4, -0.2) is 33.3 Å². The van der Waals surface area contributed by atoms with Crippen LogP contribution in [-0.2, 0) is 11.3 Å². The second-order valence-electron chi connectivity index (χ2n) is 5.99. The van der Waals surface area contributed by atoms with Crippen LogP contribution < -0.4 is 5.32 Å². The van der Waals surface area contributed by atoms with Crippen molar-refractivity contribution in [3.8, 4) is 0 Å². The maximum Gasteiger partial charge on any atom is 0.287 e. The largest absolute Gasteiger partial charge is 0.358 e. The minimum absolute atomic E-state index is 0.0659. The predicted octanol–water partition coefficient (Wildman–Crippen LogP) is 2.65. The number of benzene rings is 1. The van der Waals surface area contributed by atoms with Crippen LogP contribution in [0.3, 0.4) is 0 Å². The predicted molar refractivity (Wildman–Crippen MR) is 89.5 cm³/mol. The SMILES string of the molecule is Cc1cc([N+](=O)[O-])cnc1NC1CCN(Cc2ccc(F)cc2)C1=O. The zero-order valence-corrected chi connectivity index (χ0v) is 13.6. The van der Waals surface area contributed by atoms with E-state index in [0.717, 1.165) is 5.56 Å². The van der Waals surface area contributed by atoms with Crippen molar-refractivity contribution in [3.05, 3.63) is 63.6 Å². The minimum Gasteiger partial charge on any atom is -0.358 e. The molecule has 1 saturated heterocycles. The van der Waals surface area contributed by atoms with Gasteiger partial charge in [-0.2, -0.15) is 0 Å². The van der Waals surface area contributed by atoms with E-state index in [1.165, 1.54) is 24.4 Å². The lowest BCUT2D eigenvalue weighted by Gasteiger charge is -2.18. The van der Waals surface area contributed by atoms with Crippen LogP contribution in [0.1, 0.15) is 17.5 Å². The third-order valence-electron chi connectivity index (χ3n) is 4.17. The third-order valence-corrected chi connectivity index (χ3v) is 4.17. The molecule has 8 heteroatoms. The van der Waals surface area contributed by atoms with Crippen molar-refractivity contribution >= 4 is 17.4 Å². The molecule has 0 bridgehead atoms. The van der Waals surface area contributed by atoms with E-state index in [9.17, 15) is 19.3 Å². The van der Waals surface area contributed by atoms with Crippen LogP contribution in [0, 0.1) is 22.9 Å². The molecule has 7 nitrogen and oxygen atoms in total. The van der Waals surface area contributed by atoms with Gasteiger partial charge in [-0.15, -0.1) is 0 Å². The molecule has 1 atom stereocenters. The Labute approximate surface area is 143 Å². The minimum atomic E-state index is -0.505. The highest BCUT2D eigenvalue weighted by molar-refractivity contribution is 5.86. The normalized spacial score (nSPS) is 17.0. The smallest absolute Gasteiger partial charge is 0.287 e. The molecule has 1 fully saturated rings. The number of likely N-dealkylation sites (tertiary alicyclic amines) is 1. The van der Waals surface area contributed by atoms with Gasteiger partial charge in [-0.25, -0.2) is 9.37 Å². The fourth-order valence-electron chi connectivity index (χ4n) is 2.82. The fourth-order valence-corrected chi connectivity index (χ4v) is 2.82. The van der Waals surface area contributed by atoms with Crippen molar-refractivity contribution in [2.75, 3.05) is 11.9 Å². The van der Waals surface area contributed by atoms with Gasteiger partial charge >= 0.3 is 0 Å². The Morgan fingerprint density at radius 1 is 1.40 bits per heavy atom. The van der Waals surface area contributed by atoms with Crippen molar-refractivity contribution in [2.24, 2.45) is 0 Å². The number of hydrogen-bond acceptors (Lipinski definition) is 5. The first-order chi connectivity index (χ1) is 11.9. The molecule has 1 aromatic heterocycles. The van der Waals surface area contributed by atoms with E-state index in [2.05, 4.69) is 10.3 Å². The van der Waals surface area contributed by atoms with E-state index in [1.54, 1.807) is 24.0 Å². The molecule has 0 aliphatic carbocycles. The Bertz CT molecular complexity index is 810. The van der Waals surface area contributed by atoms with Gasteiger partial charge in [0.15, 0.2) is 0 Å². The molecular weight excluding hydrogens is 327 g/mol. The van der Waals surface area contributed by atoms with E-state index in [1.807, 2.05) is 0 Å². The summed E-state index contributed by atoms with van der Waals surface area (Å²) in [4.78, 5) is 28.5. The van der Waals surface area contributed by atoms with Crippen LogP contribution in [0.25, 0.3) is 0 Å². The van der Waals surface area contributed by atoms with Crippen LogP contribution in [0.2, 0.25) is 0 Å². The first-order valence-electron chi connectivity index (χ1n) is 7.85. The molecule has 25 heavy (non-hydrogen) atoms. The van der Waals surface area contributed by atoms with Crippen molar-refractivity contribution in [2.45, 2.75) is 25.9 Å². The Kier molecular flexibility index (Phi) is 4.60. The molecule has 1 N–H and O–H groups in total. The van der Waals surface area contributed by atoms with Crippen molar-refractivity contribution in [1.82, 2.24) is 9.88 Å². The second-order valence-corrected chi connectivity index (χ2v) is 5.99. The maximum absolute atomic E-state index is 13.0. The molecule has 1 amide bonds. The molecule has 2 aromatic rings. The number of nitro groups is 1. The van der Waals surface area contributed by atoms with E-state index in [0.29, 0.717) is 30.9 Å². The van der Waals surface area contributed by atoms with Crippen molar-refractivity contribution < 1.29 is 14.1 Å². The third kappa shape index (κ3) is 3.73. The summed E-state index contributed by atoms with van der Waals surface area (Å²) in [6.45, 7) is 2.71. The Hall–Kier alpha value is -3.03. The number of carbonyl (C=O) groups excluding carboxylic acids is 1. The van der Waals surface area contributed by atoms with E-state index >= 15 is 0 Å². The average molecular weight is 344 g/mol. The number of rotatable bonds is 5. The van der Waals surface area contributed by atoms with Crippen molar-refractivity contribution in [3.63, 3.8) is 0 Å². The molecular formula is C17H17FN4O3. The topological polar surface area (TPSA) is 88.4 Å². The first-order valence-corrected chi connectivity index (χ1v) is 7.85. The van der Waals surface area contributed by atoms with Crippen molar-refractivity contribution in [1.29, 1.82) is 0 Å². The van der Waals surface area contributed by atoms with Gasteiger partial charge in [0, 0.05) is 19.2 Å². The summed E-state index contributed by atoms with van der Waals surface area (Å²) in [6, 6.07) is 7.06. The number of hydrogen-bond donors (Lipinski definition) is 1. The highest BCUT2D eigenvalue weighted by atomic mass is 19.1. The Balaban J connectivity index is 1.66. The van der Waals surface area contributed by atoms with E-state index in [-0.39, 0.29) is 17.4 Å². The lowest BCUT2D eigenvalue weighted by molar-refractivity contribution is -0.385. The summed E-state index contributed by atoms with van der Waals surface area (Å²) in [6.07, 6.45) is 1.78. The number of anilines is 1. The Morgan fingerprint density at radius 2 is 2.12 bits per heavy atom. The second kappa shape index (κ2) is 6.84. The highest BCUT2D eigenvalue weighted by Gasteiger charge is 2.32. The monoisotopic (exact) mass is 344 g/mol. The molecule has 1 aliphatic rings. The number of aromatic nitrogens is 1.